The van der Waals surface area contributed by atoms with Crippen LogP contribution in [0.15, 0.2) is 42.9 Å². The third kappa shape index (κ3) is 4.15. The van der Waals surface area contributed by atoms with Crippen molar-refractivity contribution in [2.24, 2.45) is 5.41 Å². The second kappa shape index (κ2) is 8.13. The van der Waals surface area contributed by atoms with Crippen molar-refractivity contribution in [1.82, 2.24) is 19.7 Å². The van der Waals surface area contributed by atoms with Crippen LogP contribution in [0.4, 0.5) is 21.8 Å². The zero-order valence-corrected chi connectivity index (χ0v) is 19.1. The second-order valence-corrected chi connectivity index (χ2v) is 9.52. The number of anilines is 3. The average Bonchev–Trinajstić information content (AvgIpc) is 3.37. The molecule has 0 aliphatic carbocycles. The van der Waals surface area contributed by atoms with E-state index in [1.54, 1.807) is 29.4 Å². The van der Waals surface area contributed by atoms with Gasteiger partial charge < -0.3 is 15.1 Å². The van der Waals surface area contributed by atoms with Crippen molar-refractivity contribution in [2.75, 3.05) is 28.2 Å². The van der Waals surface area contributed by atoms with Crippen LogP contribution in [-0.4, -0.2) is 44.8 Å². The predicted molar refractivity (Wildman–Crippen MR) is 125 cm³/mol. The van der Waals surface area contributed by atoms with E-state index in [2.05, 4.69) is 34.1 Å². The van der Waals surface area contributed by atoms with Crippen LogP contribution in [0.1, 0.15) is 38.3 Å². The van der Waals surface area contributed by atoms with E-state index in [0.29, 0.717) is 25.6 Å². The number of carbonyl (C=O) groups excluding carboxylic acids is 1. The van der Waals surface area contributed by atoms with E-state index in [1.165, 1.54) is 12.1 Å². The van der Waals surface area contributed by atoms with Gasteiger partial charge in [0.2, 0.25) is 11.9 Å². The van der Waals surface area contributed by atoms with Gasteiger partial charge in [-0.2, -0.15) is 10.1 Å². The number of carbonyl (C=O) groups is 1. The summed E-state index contributed by atoms with van der Waals surface area (Å²) < 4.78 is 14.9. The first-order chi connectivity index (χ1) is 15.8. The van der Waals surface area contributed by atoms with Crippen molar-refractivity contribution >= 4 is 23.4 Å². The van der Waals surface area contributed by atoms with Gasteiger partial charge >= 0.3 is 0 Å². The minimum atomic E-state index is -0.246. The Hall–Kier alpha value is -3.49. The maximum atomic E-state index is 13.1. The maximum Gasteiger partial charge on any atom is 0.249 e. The Balaban J connectivity index is 1.31. The summed E-state index contributed by atoms with van der Waals surface area (Å²) in [4.78, 5) is 26.2. The molecule has 1 N–H and O–H groups in total. The molecule has 1 aromatic carbocycles. The molecule has 1 fully saturated rings. The van der Waals surface area contributed by atoms with E-state index in [0.717, 1.165) is 35.6 Å². The first-order valence-corrected chi connectivity index (χ1v) is 11.3. The maximum absolute atomic E-state index is 13.1. The standard InChI is InChI=1S/C24H28FN7O/c1-4-31-20-12-27-23(29-21(20)32-15-24(2,3)9-19(32)22(31)33)26-10-17-11-28-30(14-17)13-16-5-7-18(25)8-6-16/h5-8,11-12,14,19H,4,9-10,13,15H2,1-3H3,(H,26,27,29)/t19-/m0/s1. The van der Waals surface area contributed by atoms with Gasteiger partial charge in [-0.05, 0) is 36.5 Å². The summed E-state index contributed by atoms with van der Waals surface area (Å²) in [5.41, 5.74) is 2.80. The smallest absolute Gasteiger partial charge is 0.249 e. The number of amides is 1. The highest BCUT2D eigenvalue weighted by atomic mass is 19.1. The molecular formula is C24H28FN7O. The van der Waals surface area contributed by atoms with Gasteiger partial charge in [-0.15, -0.1) is 0 Å². The number of nitrogens with one attached hydrogen (secondary N) is 1. The van der Waals surface area contributed by atoms with Crippen LogP contribution in [0.2, 0.25) is 0 Å². The van der Waals surface area contributed by atoms with Crippen molar-refractivity contribution in [3.63, 3.8) is 0 Å². The number of benzene rings is 1. The topological polar surface area (TPSA) is 79.2 Å². The summed E-state index contributed by atoms with van der Waals surface area (Å²) in [6.07, 6.45) is 6.31. The Labute approximate surface area is 192 Å². The first kappa shape index (κ1) is 21.4. The highest BCUT2D eigenvalue weighted by Gasteiger charge is 2.48. The van der Waals surface area contributed by atoms with E-state index in [-0.39, 0.29) is 23.2 Å². The molecule has 0 unspecified atom stereocenters. The van der Waals surface area contributed by atoms with E-state index in [9.17, 15) is 9.18 Å². The van der Waals surface area contributed by atoms with Gasteiger partial charge in [0, 0.05) is 31.4 Å². The Kier molecular flexibility index (Phi) is 5.26. The van der Waals surface area contributed by atoms with Gasteiger partial charge in [-0.25, -0.2) is 9.37 Å². The first-order valence-electron chi connectivity index (χ1n) is 11.3. The zero-order valence-electron chi connectivity index (χ0n) is 19.1. The van der Waals surface area contributed by atoms with Crippen LogP contribution in [0.25, 0.3) is 0 Å². The minimum absolute atomic E-state index is 0.0546. The van der Waals surface area contributed by atoms with Crippen LogP contribution in [0.3, 0.4) is 0 Å². The third-order valence-electron chi connectivity index (χ3n) is 6.30. The highest BCUT2D eigenvalue weighted by Crippen LogP contribution is 2.44. The van der Waals surface area contributed by atoms with Crippen LogP contribution in [-0.2, 0) is 17.9 Å². The quantitative estimate of drug-likeness (QED) is 0.621. The Bertz CT molecular complexity index is 1170. The molecule has 0 bridgehead atoms. The number of rotatable bonds is 6. The molecule has 1 amide bonds. The minimum Gasteiger partial charge on any atom is -0.350 e. The molecule has 5 rings (SSSR count). The van der Waals surface area contributed by atoms with Crippen molar-refractivity contribution < 1.29 is 9.18 Å². The van der Waals surface area contributed by atoms with Gasteiger partial charge in [0.1, 0.15) is 17.5 Å². The summed E-state index contributed by atoms with van der Waals surface area (Å²) in [5.74, 6) is 1.23. The molecule has 8 nitrogen and oxygen atoms in total. The van der Waals surface area contributed by atoms with Crippen molar-refractivity contribution in [1.29, 1.82) is 0 Å². The molecule has 9 heteroatoms. The van der Waals surface area contributed by atoms with Crippen molar-refractivity contribution in [3.05, 3.63) is 59.8 Å². The van der Waals surface area contributed by atoms with Gasteiger partial charge in [-0.3, -0.25) is 9.48 Å². The normalized spacial score (nSPS) is 18.9. The van der Waals surface area contributed by atoms with Gasteiger partial charge in [0.25, 0.3) is 0 Å². The molecule has 2 aromatic heterocycles. The fourth-order valence-corrected chi connectivity index (χ4v) is 4.73. The molecule has 1 saturated heterocycles. The number of aromatic nitrogens is 4. The lowest BCUT2D eigenvalue weighted by atomic mass is 9.90. The van der Waals surface area contributed by atoms with Crippen LogP contribution in [0.5, 0.6) is 0 Å². The largest absolute Gasteiger partial charge is 0.350 e. The summed E-state index contributed by atoms with van der Waals surface area (Å²) in [5, 5.41) is 7.68. The zero-order chi connectivity index (χ0) is 23.2. The number of halogens is 1. The molecule has 0 radical (unpaired) electrons. The van der Waals surface area contributed by atoms with E-state index < -0.39 is 0 Å². The lowest BCUT2D eigenvalue weighted by Crippen LogP contribution is -2.51. The number of fused-ring (bicyclic) bond motifs is 3. The highest BCUT2D eigenvalue weighted by molar-refractivity contribution is 6.05. The SMILES string of the molecule is CCN1C(=O)[C@@H]2CC(C)(C)CN2c2nc(NCc3cnn(Cc4ccc(F)cc4)c3)ncc21. The molecule has 2 aliphatic heterocycles. The van der Waals surface area contributed by atoms with Crippen LogP contribution >= 0.6 is 0 Å². The molecule has 2 aliphatic rings. The molecule has 1 atom stereocenters. The third-order valence-corrected chi connectivity index (χ3v) is 6.30. The Morgan fingerprint density at radius 3 is 2.73 bits per heavy atom. The van der Waals surface area contributed by atoms with Gasteiger partial charge in [-0.1, -0.05) is 26.0 Å². The molecular weight excluding hydrogens is 421 g/mol. The van der Waals surface area contributed by atoms with Crippen molar-refractivity contribution in [3.8, 4) is 0 Å². The Morgan fingerprint density at radius 1 is 1.18 bits per heavy atom. The lowest BCUT2D eigenvalue weighted by Gasteiger charge is -2.37. The van der Waals surface area contributed by atoms with Gasteiger partial charge in [0.15, 0.2) is 5.82 Å². The van der Waals surface area contributed by atoms with E-state index in [1.807, 2.05) is 17.8 Å². The van der Waals surface area contributed by atoms with Crippen LogP contribution < -0.4 is 15.1 Å². The average molecular weight is 450 g/mol. The molecule has 4 heterocycles. The number of likely N-dealkylation sites (N-methyl/N-ethyl adjacent to an activating group) is 1. The van der Waals surface area contributed by atoms with Gasteiger partial charge in [0.05, 0.1) is 18.9 Å². The summed E-state index contributed by atoms with van der Waals surface area (Å²) in [7, 11) is 0. The molecule has 0 spiro atoms. The van der Waals surface area contributed by atoms with Crippen LogP contribution in [0, 0.1) is 11.2 Å². The summed E-state index contributed by atoms with van der Waals surface area (Å²) in [6.45, 7) is 8.85. The summed E-state index contributed by atoms with van der Waals surface area (Å²) >= 11 is 0. The molecule has 172 valence electrons. The fraction of sp³-hybridized carbons (Fsp3) is 0.417. The predicted octanol–water partition coefficient (Wildman–Crippen LogP) is 3.44. The Morgan fingerprint density at radius 2 is 1.97 bits per heavy atom. The molecule has 0 saturated carbocycles. The summed E-state index contributed by atoms with van der Waals surface area (Å²) in [6, 6.07) is 6.25. The lowest BCUT2D eigenvalue weighted by molar-refractivity contribution is -0.120. The fourth-order valence-electron chi connectivity index (χ4n) is 4.73. The molecule has 33 heavy (non-hydrogen) atoms. The number of hydrogen-bond acceptors (Lipinski definition) is 6. The monoisotopic (exact) mass is 449 g/mol. The molecule has 3 aromatic rings. The van der Waals surface area contributed by atoms with Crippen molar-refractivity contribution in [2.45, 2.75) is 46.3 Å². The second-order valence-electron chi connectivity index (χ2n) is 9.52. The van der Waals surface area contributed by atoms with E-state index in [4.69, 9.17) is 4.98 Å². The number of hydrogen-bond donors (Lipinski definition) is 1. The number of nitrogens with zero attached hydrogens (tertiary/aromatic N) is 6. The van der Waals surface area contributed by atoms with E-state index >= 15 is 0 Å².